The van der Waals surface area contributed by atoms with E-state index in [0.717, 1.165) is 6.61 Å². The number of rotatable bonds is 19. The van der Waals surface area contributed by atoms with E-state index in [1.54, 1.807) is 0 Å². The van der Waals surface area contributed by atoms with Crippen LogP contribution < -0.4 is 0 Å². The summed E-state index contributed by atoms with van der Waals surface area (Å²) in [6.07, 6.45) is 14.9. The van der Waals surface area contributed by atoms with E-state index in [-0.39, 0.29) is 9.76 Å². The molecule has 0 unspecified atom stereocenters. The fraction of sp³-hybridized carbons (Fsp3) is 1.00. The zero-order chi connectivity index (χ0) is 19.7. The van der Waals surface area contributed by atoms with E-state index in [4.69, 9.17) is 4.43 Å². The summed E-state index contributed by atoms with van der Waals surface area (Å²) in [5, 5.41) is 0. The number of nitrogens with zero attached hydrogens (tertiary/aromatic N) is 2. The first-order valence-corrected chi connectivity index (χ1v) is 12.9. The van der Waals surface area contributed by atoms with Crippen molar-refractivity contribution in [1.29, 1.82) is 0 Å². The van der Waals surface area contributed by atoms with Crippen LogP contribution in [-0.2, 0) is 4.43 Å². The minimum Gasteiger partial charge on any atom is -0.424 e. The van der Waals surface area contributed by atoms with Gasteiger partial charge in [0.25, 0.3) is 0 Å². The van der Waals surface area contributed by atoms with Crippen LogP contribution in [0.4, 0.5) is 0 Å². The molecule has 0 radical (unpaired) electrons. The lowest BCUT2D eigenvalue weighted by Crippen LogP contribution is -2.26. The van der Waals surface area contributed by atoms with Crippen LogP contribution in [0.15, 0.2) is 0 Å². The average molecular weight is 387 g/mol. The summed E-state index contributed by atoms with van der Waals surface area (Å²) in [6, 6.07) is 1.38. The molecular weight excluding hydrogens is 336 g/mol. The van der Waals surface area contributed by atoms with Crippen molar-refractivity contribution in [2.75, 3.05) is 47.9 Å². The zero-order valence-electron chi connectivity index (χ0n) is 19.1. The molecule has 0 aromatic carbocycles. The third kappa shape index (κ3) is 15.2. The minimum absolute atomic E-state index is 0.370. The maximum absolute atomic E-state index is 6.17. The van der Waals surface area contributed by atoms with Crippen molar-refractivity contribution < 1.29 is 4.43 Å². The molecule has 4 heteroatoms. The highest BCUT2D eigenvalue weighted by Crippen LogP contribution is 2.37. The van der Waals surface area contributed by atoms with Crippen LogP contribution in [0, 0.1) is 5.41 Å². The second-order valence-corrected chi connectivity index (χ2v) is 10.1. The molecule has 0 amide bonds. The summed E-state index contributed by atoms with van der Waals surface area (Å²) < 4.78 is 6.17. The fourth-order valence-electron chi connectivity index (χ4n) is 3.82. The van der Waals surface area contributed by atoms with Gasteiger partial charge < -0.3 is 14.2 Å². The number of hydrogen-bond donors (Lipinski definition) is 0. The maximum Gasteiger partial charge on any atom is 0.162 e. The fourth-order valence-corrected chi connectivity index (χ4v) is 5.66. The summed E-state index contributed by atoms with van der Waals surface area (Å²) in [6.45, 7) is 8.15. The van der Waals surface area contributed by atoms with Crippen LogP contribution in [0.5, 0.6) is 0 Å². The highest BCUT2D eigenvalue weighted by Gasteiger charge is 2.27. The average Bonchev–Trinajstić information content (AvgIpc) is 2.59. The second kappa shape index (κ2) is 17.2. The first kappa shape index (κ1) is 26.1. The Balaban J connectivity index is 4.15. The Morgan fingerprint density at radius 3 is 1.77 bits per heavy atom. The first-order valence-electron chi connectivity index (χ1n) is 11.3. The highest BCUT2D eigenvalue weighted by molar-refractivity contribution is 6.27. The van der Waals surface area contributed by atoms with Gasteiger partial charge >= 0.3 is 0 Å². The molecule has 0 saturated heterocycles. The van der Waals surface area contributed by atoms with Gasteiger partial charge in [-0.3, -0.25) is 0 Å². The summed E-state index contributed by atoms with van der Waals surface area (Å²) >= 11 is 0. The first-order chi connectivity index (χ1) is 12.5. The lowest BCUT2D eigenvalue weighted by molar-refractivity contribution is 0.212. The molecule has 0 bridgehead atoms. The normalized spacial score (nSPS) is 12.9. The van der Waals surface area contributed by atoms with Crippen molar-refractivity contribution in [2.24, 2.45) is 5.41 Å². The lowest BCUT2D eigenvalue weighted by atomic mass is 9.78. The van der Waals surface area contributed by atoms with E-state index in [1.807, 2.05) is 0 Å². The van der Waals surface area contributed by atoms with Crippen molar-refractivity contribution >= 4 is 9.76 Å². The molecule has 0 aliphatic heterocycles. The zero-order valence-corrected chi connectivity index (χ0v) is 20.5. The largest absolute Gasteiger partial charge is 0.424 e. The third-order valence-corrected chi connectivity index (χ3v) is 7.64. The standard InChI is InChI=1S/C22H50N2OSi/c1-7-9-10-11-12-13-20-25-26-21-22(8-2,16-14-18-23(3)4)17-15-19-24(5)6/h7-21,26H2,1-6H3. The van der Waals surface area contributed by atoms with Gasteiger partial charge in [0.2, 0.25) is 0 Å². The molecule has 0 rings (SSSR count). The molecule has 0 saturated carbocycles. The highest BCUT2D eigenvalue weighted by atomic mass is 28.2. The van der Waals surface area contributed by atoms with Gasteiger partial charge in [-0.05, 0) is 84.8 Å². The third-order valence-electron chi connectivity index (χ3n) is 5.79. The van der Waals surface area contributed by atoms with Gasteiger partial charge in [0, 0.05) is 6.61 Å². The van der Waals surface area contributed by atoms with Crippen LogP contribution >= 0.6 is 0 Å². The Hall–Kier alpha value is 0.0969. The molecule has 0 atom stereocenters. The van der Waals surface area contributed by atoms with Crippen molar-refractivity contribution in [3.63, 3.8) is 0 Å². The molecule has 0 N–H and O–H groups in total. The predicted octanol–water partition coefficient (Wildman–Crippen LogP) is 4.95. The van der Waals surface area contributed by atoms with Crippen molar-refractivity contribution in [2.45, 2.75) is 90.5 Å². The molecule has 0 spiro atoms. The molecule has 0 aromatic rings. The molecule has 0 fully saturated rings. The SMILES string of the molecule is CCCCCCCCO[SiH2]CC(CC)(CCCN(C)C)CCCN(C)C. The summed E-state index contributed by atoms with van der Waals surface area (Å²) in [5.74, 6) is 0. The van der Waals surface area contributed by atoms with Gasteiger partial charge in [0.15, 0.2) is 9.76 Å². The van der Waals surface area contributed by atoms with E-state index in [9.17, 15) is 0 Å². The topological polar surface area (TPSA) is 15.7 Å². The monoisotopic (exact) mass is 386 g/mol. The quantitative estimate of drug-likeness (QED) is 0.231. The number of hydrogen-bond acceptors (Lipinski definition) is 3. The molecule has 0 aliphatic rings. The Morgan fingerprint density at radius 1 is 0.731 bits per heavy atom. The van der Waals surface area contributed by atoms with Crippen LogP contribution in [-0.4, -0.2) is 67.5 Å². The summed E-state index contributed by atoms with van der Waals surface area (Å²) in [5.41, 5.74) is 0.541. The van der Waals surface area contributed by atoms with Gasteiger partial charge in [-0.1, -0.05) is 52.4 Å². The van der Waals surface area contributed by atoms with E-state index < -0.39 is 0 Å². The van der Waals surface area contributed by atoms with E-state index in [1.165, 1.54) is 89.8 Å². The van der Waals surface area contributed by atoms with Gasteiger partial charge in [-0.2, -0.15) is 0 Å². The van der Waals surface area contributed by atoms with Crippen LogP contribution in [0.25, 0.3) is 0 Å². The molecule has 0 heterocycles. The molecule has 0 aromatic heterocycles. The Labute approximate surface area is 168 Å². The molecule has 26 heavy (non-hydrogen) atoms. The smallest absolute Gasteiger partial charge is 0.162 e. The molecule has 158 valence electrons. The molecule has 0 aliphatic carbocycles. The van der Waals surface area contributed by atoms with Gasteiger partial charge in [0.05, 0.1) is 0 Å². The molecule has 3 nitrogen and oxygen atoms in total. The predicted molar refractivity (Wildman–Crippen MR) is 121 cm³/mol. The maximum atomic E-state index is 6.17. The van der Waals surface area contributed by atoms with Gasteiger partial charge in [0.1, 0.15) is 0 Å². The Bertz CT molecular complexity index is 284. The van der Waals surface area contributed by atoms with Gasteiger partial charge in [-0.15, -0.1) is 0 Å². The number of unbranched alkanes of at least 4 members (excludes halogenated alkanes) is 5. The summed E-state index contributed by atoms with van der Waals surface area (Å²) in [7, 11) is 8.40. The van der Waals surface area contributed by atoms with Crippen molar-refractivity contribution in [3.05, 3.63) is 0 Å². The minimum atomic E-state index is -0.370. The van der Waals surface area contributed by atoms with E-state index >= 15 is 0 Å². The molecular formula is C22H50N2OSi. The summed E-state index contributed by atoms with van der Waals surface area (Å²) in [4.78, 5) is 4.65. The lowest BCUT2D eigenvalue weighted by Gasteiger charge is -2.34. The van der Waals surface area contributed by atoms with Crippen molar-refractivity contribution in [1.82, 2.24) is 9.80 Å². The second-order valence-electron chi connectivity index (χ2n) is 8.80. The van der Waals surface area contributed by atoms with E-state index in [0.29, 0.717) is 5.41 Å². The van der Waals surface area contributed by atoms with E-state index in [2.05, 4.69) is 51.8 Å². The Kier molecular flexibility index (Phi) is 17.3. The van der Waals surface area contributed by atoms with Crippen LogP contribution in [0.3, 0.4) is 0 Å². The van der Waals surface area contributed by atoms with Crippen LogP contribution in [0.2, 0.25) is 6.04 Å². The van der Waals surface area contributed by atoms with Crippen LogP contribution in [0.1, 0.15) is 84.5 Å². The van der Waals surface area contributed by atoms with Crippen molar-refractivity contribution in [3.8, 4) is 0 Å². The Morgan fingerprint density at radius 2 is 1.27 bits per heavy atom. The van der Waals surface area contributed by atoms with Gasteiger partial charge in [-0.25, -0.2) is 0 Å².